The van der Waals surface area contributed by atoms with Crippen LogP contribution in [0.2, 0.25) is 0 Å². The van der Waals surface area contributed by atoms with Gasteiger partial charge in [0, 0.05) is 6.54 Å². The van der Waals surface area contributed by atoms with Gasteiger partial charge in [-0.25, -0.2) is 13.1 Å². The Morgan fingerprint density at radius 1 is 0.969 bits per heavy atom. The summed E-state index contributed by atoms with van der Waals surface area (Å²) in [5.41, 5.74) is 2.03. The van der Waals surface area contributed by atoms with Gasteiger partial charge in [-0.3, -0.25) is 14.5 Å². The van der Waals surface area contributed by atoms with Gasteiger partial charge in [0.1, 0.15) is 5.75 Å². The fraction of sp³-hybridized carbons (Fsp3) is 0.417. The molecule has 170 valence electrons. The SMILES string of the molecule is COc1ccc(CNS(=O)(=O)c2cc(CN3C(=O)[C@H]4CCCC[C@H]4C3=O)ccc2C)cc1. The summed E-state index contributed by atoms with van der Waals surface area (Å²) in [7, 11) is -2.20. The van der Waals surface area contributed by atoms with Crippen LogP contribution in [0.15, 0.2) is 47.4 Å². The maximum Gasteiger partial charge on any atom is 0.241 e. The van der Waals surface area contributed by atoms with Crippen LogP contribution in [0.1, 0.15) is 42.4 Å². The standard InChI is InChI=1S/C24H28N2O5S/c1-16-7-8-18(15-26-23(27)20-5-3-4-6-21(20)24(26)28)13-22(16)32(29,30)25-14-17-9-11-19(31-2)12-10-17/h7-13,20-21,25H,3-6,14-15H2,1-2H3/t20-,21+. The molecule has 2 aliphatic rings. The van der Waals surface area contributed by atoms with Crippen molar-refractivity contribution < 1.29 is 22.7 Å². The molecule has 7 nitrogen and oxygen atoms in total. The first-order valence-electron chi connectivity index (χ1n) is 10.9. The monoisotopic (exact) mass is 456 g/mol. The Hall–Kier alpha value is -2.71. The number of benzene rings is 2. The van der Waals surface area contributed by atoms with Crippen molar-refractivity contribution in [3.8, 4) is 5.75 Å². The van der Waals surface area contributed by atoms with Crippen LogP contribution in [-0.2, 0) is 32.7 Å². The summed E-state index contributed by atoms with van der Waals surface area (Å²) < 4.78 is 33.7. The quantitative estimate of drug-likeness (QED) is 0.646. The van der Waals surface area contributed by atoms with Crippen LogP contribution in [0.5, 0.6) is 5.75 Å². The molecule has 2 fully saturated rings. The van der Waals surface area contributed by atoms with Crippen LogP contribution in [0.25, 0.3) is 0 Å². The number of aryl methyl sites for hydroxylation is 1. The molecule has 0 radical (unpaired) electrons. The minimum absolute atomic E-state index is 0.103. The van der Waals surface area contributed by atoms with Gasteiger partial charge in [-0.1, -0.05) is 37.1 Å². The van der Waals surface area contributed by atoms with Crippen LogP contribution in [0.4, 0.5) is 0 Å². The van der Waals surface area contributed by atoms with Crippen molar-refractivity contribution >= 4 is 21.8 Å². The Bertz CT molecular complexity index is 1100. The molecule has 4 rings (SSSR count). The lowest BCUT2D eigenvalue weighted by molar-refractivity contribution is -0.140. The maximum absolute atomic E-state index is 13.0. The van der Waals surface area contributed by atoms with E-state index >= 15 is 0 Å². The van der Waals surface area contributed by atoms with E-state index in [-0.39, 0.29) is 41.6 Å². The first kappa shape index (κ1) is 22.5. The number of hydrogen-bond donors (Lipinski definition) is 1. The van der Waals surface area contributed by atoms with E-state index in [0.717, 1.165) is 31.2 Å². The molecule has 1 heterocycles. The molecule has 2 atom stereocenters. The second-order valence-electron chi connectivity index (χ2n) is 8.53. The number of carbonyl (C=O) groups excluding carboxylic acids is 2. The lowest BCUT2D eigenvalue weighted by Gasteiger charge is -2.19. The summed E-state index contributed by atoms with van der Waals surface area (Å²) in [5, 5.41) is 0. The van der Waals surface area contributed by atoms with Gasteiger partial charge in [-0.2, -0.15) is 0 Å². The lowest BCUT2D eigenvalue weighted by atomic mass is 9.81. The molecule has 2 aromatic carbocycles. The molecule has 0 unspecified atom stereocenters. The fourth-order valence-corrected chi connectivity index (χ4v) is 5.91. The van der Waals surface area contributed by atoms with E-state index in [1.807, 2.05) is 0 Å². The van der Waals surface area contributed by atoms with Crippen molar-refractivity contribution in [2.75, 3.05) is 7.11 Å². The summed E-state index contributed by atoms with van der Waals surface area (Å²) in [6, 6.07) is 12.2. The smallest absolute Gasteiger partial charge is 0.241 e. The molecule has 1 aliphatic carbocycles. The molecule has 1 aliphatic heterocycles. The molecule has 0 aromatic heterocycles. The molecule has 0 bridgehead atoms. The second kappa shape index (κ2) is 9.03. The number of ether oxygens (including phenoxy) is 1. The Morgan fingerprint density at radius 3 is 2.16 bits per heavy atom. The minimum atomic E-state index is -3.78. The third kappa shape index (κ3) is 4.42. The van der Waals surface area contributed by atoms with Gasteiger partial charge in [-0.15, -0.1) is 0 Å². The Balaban J connectivity index is 1.50. The number of likely N-dealkylation sites (tertiary alicyclic amines) is 1. The lowest BCUT2D eigenvalue weighted by Crippen LogP contribution is -2.30. The zero-order valence-electron chi connectivity index (χ0n) is 18.3. The third-order valence-electron chi connectivity index (χ3n) is 6.44. The van der Waals surface area contributed by atoms with Crippen LogP contribution in [0.3, 0.4) is 0 Å². The van der Waals surface area contributed by atoms with Gasteiger partial charge in [0.2, 0.25) is 21.8 Å². The number of imide groups is 1. The molecule has 0 spiro atoms. The number of amides is 2. The second-order valence-corrected chi connectivity index (χ2v) is 10.3. The van der Waals surface area contributed by atoms with Crippen LogP contribution in [-0.4, -0.2) is 32.2 Å². The Labute approximate surface area is 188 Å². The highest BCUT2D eigenvalue weighted by Crippen LogP contribution is 2.38. The first-order valence-corrected chi connectivity index (χ1v) is 12.4. The zero-order chi connectivity index (χ0) is 22.9. The van der Waals surface area contributed by atoms with E-state index in [4.69, 9.17) is 4.74 Å². The van der Waals surface area contributed by atoms with Crippen LogP contribution in [0, 0.1) is 18.8 Å². The summed E-state index contributed by atoms with van der Waals surface area (Å²) >= 11 is 0. The van der Waals surface area contributed by atoms with Gasteiger partial charge in [0.25, 0.3) is 0 Å². The molecule has 2 aromatic rings. The zero-order valence-corrected chi connectivity index (χ0v) is 19.2. The normalized spacial score (nSPS) is 21.0. The average molecular weight is 457 g/mol. The maximum atomic E-state index is 13.0. The fourth-order valence-electron chi connectivity index (χ4n) is 4.60. The summed E-state index contributed by atoms with van der Waals surface area (Å²) in [5.74, 6) is 0.0303. The topological polar surface area (TPSA) is 92.8 Å². The summed E-state index contributed by atoms with van der Waals surface area (Å²) in [6.07, 6.45) is 3.46. The van der Waals surface area contributed by atoms with Crippen molar-refractivity contribution in [2.24, 2.45) is 11.8 Å². The predicted octanol–water partition coefficient (Wildman–Crippen LogP) is 3.16. The molecule has 1 saturated carbocycles. The number of sulfonamides is 1. The number of carbonyl (C=O) groups is 2. The van der Waals surface area contributed by atoms with Crippen molar-refractivity contribution in [2.45, 2.75) is 50.6 Å². The van der Waals surface area contributed by atoms with Gasteiger partial charge in [0.05, 0.1) is 30.4 Å². The number of nitrogens with one attached hydrogen (secondary N) is 1. The van der Waals surface area contributed by atoms with Crippen LogP contribution >= 0.6 is 0 Å². The third-order valence-corrected chi connectivity index (χ3v) is 7.98. The highest BCUT2D eigenvalue weighted by atomic mass is 32.2. The Kier molecular flexibility index (Phi) is 6.35. The number of hydrogen-bond acceptors (Lipinski definition) is 5. The molecule has 8 heteroatoms. The number of nitrogens with zero attached hydrogens (tertiary/aromatic N) is 1. The van der Waals surface area contributed by atoms with E-state index in [1.54, 1.807) is 56.5 Å². The summed E-state index contributed by atoms with van der Waals surface area (Å²) in [6.45, 7) is 1.97. The predicted molar refractivity (Wildman–Crippen MR) is 119 cm³/mol. The number of rotatable bonds is 7. The van der Waals surface area contributed by atoms with E-state index in [2.05, 4.69) is 4.72 Å². The van der Waals surface area contributed by atoms with Gasteiger partial charge in [-0.05, 0) is 54.7 Å². The van der Waals surface area contributed by atoms with Gasteiger partial charge in [0.15, 0.2) is 0 Å². The molecular weight excluding hydrogens is 428 g/mol. The largest absolute Gasteiger partial charge is 0.497 e. The van der Waals surface area contributed by atoms with E-state index in [9.17, 15) is 18.0 Å². The minimum Gasteiger partial charge on any atom is -0.497 e. The number of fused-ring (bicyclic) bond motifs is 1. The van der Waals surface area contributed by atoms with Gasteiger partial charge >= 0.3 is 0 Å². The highest BCUT2D eigenvalue weighted by Gasteiger charge is 2.47. The average Bonchev–Trinajstić information content (AvgIpc) is 3.04. The van der Waals surface area contributed by atoms with E-state index in [1.165, 1.54) is 4.90 Å². The van der Waals surface area contributed by atoms with Crippen molar-refractivity contribution in [1.82, 2.24) is 9.62 Å². The molecule has 1 N–H and O–H groups in total. The first-order chi connectivity index (χ1) is 15.3. The van der Waals surface area contributed by atoms with Gasteiger partial charge < -0.3 is 4.74 Å². The van der Waals surface area contributed by atoms with Crippen LogP contribution < -0.4 is 9.46 Å². The molecule has 32 heavy (non-hydrogen) atoms. The van der Waals surface area contributed by atoms with Crippen molar-refractivity contribution in [1.29, 1.82) is 0 Å². The Morgan fingerprint density at radius 2 is 1.56 bits per heavy atom. The van der Waals surface area contributed by atoms with E-state index in [0.29, 0.717) is 16.9 Å². The molecule has 1 saturated heterocycles. The molecule has 2 amide bonds. The summed E-state index contributed by atoms with van der Waals surface area (Å²) in [4.78, 5) is 27.0. The molecular formula is C24H28N2O5S. The van der Waals surface area contributed by atoms with E-state index < -0.39 is 10.0 Å². The number of methoxy groups -OCH3 is 1. The van der Waals surface area contributed by atoms with Crippen molar-refractivity contribution in [3.63, 3.8) is 0 Å². The van der Waals surface area contributed by atoms with Crippen molar-refractivity contribution in [3.05, 3.63) is 59.2 Å². The highest BCUT2D eigenvalue weighted by molar-refractivity contribution is 7.89.